The van der Waals surface area contributed by atoms with Crippen molar-refractivity contribution in [1.82, 2.24) is 19.7 Å². The summed E-state index contributed by atoms with van der Waals surface area (Å²) in [7, 11) is -0.395. The van der Waals surface area contributed by atoms with Crippen molar-refractivity contribution in [2.45, 2.75) is 38.9 Å². The third-order valence-electron chi connectivity index (χ3n) is 4.90. The smallest absolute Gasteiger partial charge is 0.399 e. The normalized spacial score (nSPS) is 19.1. The van der Waals surface area contributed by atoms with Crippen LogP contribution in [0.15, 0.2) is 43.0 Å². The second-order valence-corrected chi connectivity index (χ2v) is 7.03. The highest BCUT2D eigenvalue weighted by Gasteiger charge is 2.51. The lowest BCUT2D eigenvalue weighted by Gasteiger charge is -2.32. The van der Waals surface area contributed by atoms with E-state index in [9.17, 15) is 0 Å². The molecule has 1 fully saturated rings. The van der Waals surface area contributed by atoms with E-state index in [0.29, 0.717) is 0 Å². The molecule has 1 aliphatic heterocycles. The summed E-state index contributed by atoms with van der Waals surface area (Å²) < 4.78 is 14.1. The predicted octanol–water partition coefficient (Wildman–Crippen LogP) is 2.11. The molecule has 122 valence electrons. The Morgan fingerprint density at radius 2 is 1.79 bits per heavy atom. The zero-order valence-electron chi connectivity index (χ0n) is 14.2. The number of nitrogens with zero attached hydrogens (tertiary/aromatic N) is 4. The Hall–Kier alpha value is -2.25. The Balaban J connectivity index is 1.77. The van der Waals surface area contributed by atoms with E-state index in [1.54, 1.807) is 10.9 Å². The van der Waals surface area contributed by atoms with Gasteiger partial charge in [0.15, 0.2) is 5.82 Å². The maximum absolute atomic E-state index is 6.14. The number of hydrogen-bond acceptors (Lipinski definition) is 5. The van der Waals surface area contributed by atoms with Crippen molar-refractivity contribution in [2.75, 3.05) is 0 Å². The summed E-state index contributed by atoms with van der Waals surface area (Å²) in [6.45, 7) is 8.21. The summed E-state index contributed by atoms with van der Waals surface area (Å²) in [4.78, 5) is 8.23. The second kappa shape index (κ2) is 5.12. The molecule has 0 unspecified atom stereocenters. The van der Waals surface area contributed by atoms with Gasteiger partial charge >= 0.3 is 7.12 Å². The minimum atomic E-state index is -0.395. The Morgan fingerprint density at radius 1 is 1.04 bits per heavy atom. The molecule has 0 spiro atoms. The van der Waals surface area contributed by atoms with Gasteiger partial charge in [-0.05, 0) is 39.2 Å². The molecule has 1 aromatic carbocycles. The molecule has 0 bridgehead atoms. The largest absolute Gasteiger partial charge is 0.494 e. The molecule has 0 N–H and O–H groups in total. The van der Waals surface area contributed by atoms with Gasteiger partial charge in [-0.15, -0.1) is 0 Å². The highest BCUT2D eigenvalue weighted by Crippen LogP contribution is 2.36. The summed E-state index contributed by atoms with van der Waals surface area (Å²) in [5, 5.41) is 5.47. The Bertz CT molecular complexity index is 876. The van der Waals surface area contributed by atoms with Crippen molar-refractivity contribution in [3.05, 3.63) is 43.0 Å². The molecular formula is C17H19BN4O2. The van der Waals surface area contributed by atoms with E-state index < -0.39 is 7.12 Å². The topological polar surface area (TPSA) is 62.1 Å². The maximum Gasteiger partial charge on any atom is 0.494 e. The van der Waals surface area contributed by atoms with Crippen LogP contribution in [0.2, 0.25) is 0 Å². The number of rotatable bonds is 2. The lowest BCUT2D eigenvalue weighted by Crippen LogP contribution is -2.41. The first-order valence-corrected chi connectivity index (χ1v) is 7.97. The number of hydrogen-bond donors (Lipinski definition) is 0. The van der Waals surface area contributed by atoms with E-state index in [1.165, 1.54) is 6.33 Å². The van der Waals surface area contributed by atoms with Gasteiger partial charge in [0.1, 0.15) is 6.33 Å². The van der Waals surface area contributed by atoms with Crippen molar-refractivity contribution in [2.24, 2.45) is 0 Å². The molecule has 1 saturated heterocycles. The lowest BCUT2D eigenvalue weighted by atomic mass is 9.79. The number of benzene rings is 1. The van der Waals surface area contributed by atoms with Crippen molar-refractivity contribution in [3.8, 4) is 5.82 Å². The molecule has 0 atom stereocenters. The van der Waals surface area contributed by atoms with Crippen LogP contribution in [0.3, 0.4) is 0 Å². The SMILES string of the molecule is CC1(C)OB(c2ccc3cnn(-c4ccncn4)c3c2)OC1(C)C. The van der Waals surface area contributed by atoms with Crippen LogP contribution in [0.4, 0.5) is 0 Å². The Kier molecular flexibility index (Phi) is 3.27. The van der Waals surface area contributed by atoms with Gasteiger partial charge in [-0.3, -0.25) is 0 Å². The fraction of sp³-hybridized carbons (Fsp3) is 0.353. The molecule has 0 radical (unpaired) electrons. The van der Waals surface area contributed by atoms with Crippen LogP contribution in [0.25, 0.3) is 16.7 Å². The van der Waals surface area contributed by atoms with E-state index >= 15 is 0 Å². The minimum absolute atomic E-state index is 0.362. The van der Waals surface area contributed by atoms with Gasteiger partial charge in [-0.1, -0.05) is 12.1 Å². The maximum atomic E-state index is 6.14. The average molecular weight is 322 g/mol. The van der Waals surface area contributed by atoms with Gasteiger partial charge in [0.25, 0.3) is 0 Å². The zero-order valence-corrected chi connectivity index (χ0v) is 14.2. The fourth-order valence-electron chi connectivity index (χ4n) is 2.75. The van der Waals surface area contributed by atoms with Gasteiger partial charge in [-0.2, -0.15) is 5.10 Å². The summed E-state index contributed by atoms with van der Waals surface area (Å²) in [5.41, 5.74) is 1.21. The zero-order chi connectivity index (χ0) is 16.9. The summed E-state index contributed by atoms with van der Waals surface area (Å²) in [6, 6.07) is 7.93. The van der Waals surface area contributed by atoms with Crippen LogP contribution >= 0.6 is 0 Å². The molecule has 0 amide bonds. The molecule has 1 aliphatic rings. The molecule has 6 nitrogen and oxygen atoms in total. The van der Waals surface area contributed by atoms with Crippen molar-refractivity contribution >= 4 is 23.5 Å². The van der Waals surface area contributed by atoms with Gasteiger partial charge in [-0.25, -0.2) is 14.6 Å². The number of aromatic nitrogens is 4. The van der Waals surface area contributed by atoms with Gasteiger partial charge in [0.2, 0.25) is 0 Å². The molecule has 3 aromatic rings. The standard InChI is InChI=1S/C17H19BN4O2/c1-16(2)17(3,4)24-18(23-16)13-6-5-12-10-21-22(14(12)9-13)15-7-8-19-11-20-15/h5-11H,1-4H3. The molecule has 7 heteroatoms. The van der Waals surface area contributed by atoms with Crippen molar-refractivity contribution in [3.63, 3.8) is 0 Å². The van der Waals surface area contributed by atoms with Gasteiger partial charge in [0, 0.05) is 17.6 Å². The highest BCUT2D eigenvalue weighted by molar-refractivity contribution is 6.62. The molecule has 3 heterocycles. The van der Waals surface area contributed by atoms with Crippen LogP contribution in [-0.2, 0) is 9.31 Å². The monoisotopic (exact) mass is 322 g/mol. The first-order chi connectivity index (χ1) is 11.4. The van der Waals surface area contributed by atoms with Crippen molar-refractivity contribution in [1.29, 1.82) is 0 Å². The molecule has 4 rings (SSSR count). The summed E-state index contributed by atoms with van der Waals surface area (Å²) in [5.74, 6) is 0.728. The first kappa shape index (κ1) is 15.3. The Labute approximate surface area is 141 Å². The average Bonchev–Trinajstić information content (AvgIpc) is 3.06. The quantitative estimate of drug-likeness (QED) is 0.676. The van der Waals surface area contributed by atoms with Crippen molar-refractivity contribution < 1.29 is 9.31 Å². The van der Waals surface area contributed by atoms with Crippen LogP contribution in [-0.4, -0.2) is 38.1 Å². The van der Waals surface area contributed by atoms with Crippen LogP contribution in [0.5, 0.6) is 0 Å². The first-order valence-electron chi connectivity index (χ1n) is 7.97. The van der Waals surface area contributed by atoms with Gasteiger partial charge < -0.3 is 9.31 Å². The Morgan fingerprint density at radius 3 is 2.46 bits per heavy atom. The van der Waals surface area contributed by atoms with E-state index in [0.717, 1.165) is 22.2 Å². The lowest BCUT2D eigenvalue weighted by molar-refractivity contribution is 0.00578. The van der Waals surface area contributed by atoms with Crippen LogP contribution in [0.1, 0.15) is 27.7 Å². The predicted molar refractivity (Wildman–Crippen MR) is 92.4 cm³/mol. The number of fused-ring (bicyclic) bond motifs is 1. The van der Waals surface area contributed by atoms with E-state index in [1.807, 2.05) is 30.5 Å². The summed E-state index contributed by atoms with van der Waals surface area (Å²) >= 11 is 0. The third-order valence-corrected chi connectivity index (χ3v) is 4.90. The third kappa shape index (κ3) is 2.32. The summed E-state index contributed by atoms with van der Waals surface area (Å²) in [6.07, 6.45) is 5.04. The molecule has 0 aliphatic carbocycles. The molecule has 2 aromatic heterocycles. The molecular weight excluding hydrogens is 303 g/mol. The molecule has 0 saturated carbocycles. The van der Waals surface area contributed by atoms with E-state index in [2.05, 4.69) is 42.8 Å². The highest BCUT2D eigenvalue weighted by atomic mass is 16.7. The van der Waals surface area contributed by atoms with Crippen LogP contribution in [0, 0.1) is 0 Å². The van der Waals surface area contributed by atoms with E-state index in [-0.39, 0.29) is 11.2 Å². The second-order valence-electron chi connectivity index (χ2n) is 7.03. The fourth-order valence-corrected chi connectivity index (χ4v) is 2.75. The molecule has 24 heavy (non-hydrogen) atoms. The van der Waals surface area contributed by atoms with E-state index in [4.69, 9.17) is 9.31 Å². The van der Waals surface area contributed by atoms with Gasteiger partial charge in [0.05, 0.1) is 22.9 Å². The minimum Gasteiger partial charge on any atom is -0.399 e. The van der Waals surface area contributed by atoms with Crippen LogP contribution < -0.4 is 5.46 Å².